The van der Waals surface area contributed by atoms with Crippen LogP contribution in [0.5, 0.6) is 0 Å². The summed E-state index contributed by atoms with van der Waals surface area (Å²) in [6, 6.07) is 8.85. The van der Waals surface area contributed by atoms with Gasteiger partial charge in [0.05, 0.1) is 6.44 Å². The molecule has 0 bridgehead atoms. The molecule has 2 aromatic heterocycles. The first-order valence-corrected chi connectivity index (χ1v) is 7.70. The topological polar surface area (TPSA) is 7.76 Å². The normalized spacial score (nSPS) is 9.08. The fraction of sp³-hybridized carbons (Fsp3) is 0.389. The van der Waals surface area contributed by atoms with Gasteiger partial charge in [-0.25, -0.2) is 9.13 Å². The summed E-state index contributed by atoms with van der Waals surface area (Å²) in [7, 11) is 4.19. The van der Waals surface area contributed by atoms with Crippen molar-refractivity contribution < 1.29 is 74.6 Å². The van der Waals surface area contributed by atoms with Crippen molar-refractivity contribution in [2.75, 3.05) is 0 Å². The summed E-state index contributed by atoms with van der Waals surface area (Å²) >= 11 is 0. The molecule has 0 saturated carbocycles. The van der Waals surface area contributed by atoms with Gasteiger partial charge in [0.15, 0.2) is 24.8 Å². The standard InChI is InChI=1S/C17H23B2N2.CH4.2Y/c1-3-19-15-21-12-8-17(9-13-21)5-4-16-6-10-20(11-7-16)14-18-2;;;/h6-13H,2-5,14-15H2,1H3;1H4;;/q+1;;;. The first kappa shape index (κ1) is 26.9. The third kappa shape index (κ3) is 9.95. The van der Waals surface area contributed by atoms with Crippen molar-refractivity contribution in [2.24, 2.45) is 0 Å². The van der Waals surface area contributed by atoms with Crippen LogP contribution in [0.15, 0.2) is 49.1 Å². The molecule has 0 aliphatic carbocycles. The van der Waals surface area contributed by atoms with Crippen LogP contribution >= 0.6 is 0 Å². The SMILES string of the molecule is C.[CH2-][B]C[n+]1ccc(CCc2cc[n+](C[B]CC)cc2)cc1.[Y].[Y]. The fourth-order valence-corrected chi connectivity index (χ4v) is 2.27. The Labute approximate surface area is 200 Å². The summed E-state index contributed by atoms with van der Waals surface area (Å²) < 4.78 is 4.35. The summed E-state index contributed by atoms with van der Waals surface area (Å²) in [6.45, 7) is 5.93. The maximum absolute atomic E-state index is 3.75. The number of aryl methyl sites for hydroxylation is 2. The first-order valence-electron chi connectivity index (χ1n) is 7.70. The average molecular weight is 471 g/mol. The second-order valence-electron chi connectivity index (χ2n) is 5.29. The van der Waals surface area contributed by atoms with Crippen LogP contribution in [0.1, 0.15) is 25.5 Å². The maximum atomic E-state index is 3.75. The molecule has 0 amide bonds. The van der Waals surface area contributed by atoms with Gasteiger partial charge in [0, 0.05) is 89.7 Å². The van der Waals surface area contributed by atoms with Crippen molar-refractivity contribution >= 4 is 14.6 Å². The third-order valence-electron chi connectivity index (χ3n) is 3.59. The molecule has 0 aromatic carbocycles. The van der Waals surface area contributed by atoms with Gasteiger partial charge in [-0.2, -0.15) is 0 Å². The molecular weight excluding hydrogens is 444 g/mol. The summed E-state index contributed by atoms with van der Waals surface area (Å²) in [5.74, 6) is 0. The van der Waals surface area contributed by atoms with E-state index in [1.165, 1.54) is 11.1 Å². The Morgan fingerprint density at radius 3 is 1.62 bits per heavy atom. The second kappa shape index (κ2) is 15.9. The van der Waals surface area contributed by atoms with Gasteiger partial charge in [-0.3, -0.25) is 0 Å². The Balaban J connectivity index is 0. The Morgan fingerprint density at radius 1 is 0.833 bits per heavy atom. The van der Waals surface area contributed by atoms with Crippen molar-refractivity contribution in [3.8, 4) is 0 Å². The molecule has 0 unspecified atom stereocenters. The van der Waals surface area contributed by atoms with E-state index in [0.29, 0.717) is 0 Å². The number of hydrogen-bond acceptors (Lipinski definition) is 0. The van der Waals surface area contributed by atoms with E-state index < -0.39 is 0 Å². The van der Waals surface area contributed by atoms with Gasteiger partial charge >= 0.3 is 0 Å². The molecule has 2 nitrogen and oxygen atoms in total. The van der Waals surface area contributed by atoms with Crippen molar-refractivity contribution in [2.45, 2.75) is 46.4 Å². The van der Waals surface area contributed by atoms with Crippen LogP contribution in [0.2, 0.25) is 6.32 Å². The van der Waals surface area contributed by atoms with E-state index in [1.807, 2.05) is 7.28 Å². The predicted octanol–water partition coefficient (Wildman–Crippen LogP) is 2.23. The van der Waals surface area contributed by atoms with Crippen LogP contribution in [0.4, 0.5) is 0 Å². The average Bonchev–Trinajstić information content (AvgIpc) is 2.53. The Kier molecular flexibility index (Phi) is 17.8. The Morgan fingerprint density at radius 2 is 1.25 bits per heavy atom. The van der Waals surface area contributed by atoms with E-state index in [0.717, 1.165) is 32.1 Å². The van der Waals surface area contributed by atoms with E-state index in [9.17, 15) is 0 Å². The van der Waals surface area contributed by atoms with Crippen LogP contribution in [0.25, 0.3) is 0 Å². The van der Waals surface area contributed by atoms with Crippen LogP contribution in [-0.2, 0) is 91.1 Å². The molecule has 0 spiro atoms. The molecule has 0 atom stereocenters. The quantitative estimate of drug-likeness (QED) is 0.318. The molecule has 0 aliphatic rings. The fourth-order valence-electron chi connectivity index (χ4n) is 2.27. The van der Waals surface area contributed by atoms with Gasteiger partial charge in [-0.05, 0) is 31.2 Å². The zero-order chi connectivity index (χ0) is 14.9. The summed E-state index contributed by atoms with van der Waals surface area (Å²) in [5.41, 5.74) is 2.77. The monoisotopic (exact) mass is 471 g/mol. The molecule has 0 saturated heterocycles. The summed E-state index contributed by atoms with van der Waals surface area (Å²) in [6.07, 6.45) is 13.7. The van der Waals surface area contributed by atoms with Crippen molar-refractivity contribution in [3.05, 3.63) is 67.0 Å². The molecular formula is C18H27B2N2Y2+. The molecule has 2 rings (SSSR count). The van der Waals surface area contributed by atoms with Gasteiger partial charge < -0.3 is 6.82 Å². The molecule has 24 heavy (non-hydrogen) atoms. The number of nitrogens with zero attached hydrogens (tertiary/aromatic N) is 2. The van der Waals surface area contributed by atoms with Crippen molar-refractivity contribution in [1.29, 1.82) is 0 Å². The van der Waals surface area contributed by atoms with Crippen molar-refractivity contribution in [1.82, 2.24) is 0 Å². The minimum atomic E-state index is 0. The van der Waals surface area contributed by atoms with Gasteiger partial charge in [0.1, 0.15) is 6.44 Å². The number of aromatic nitrogens is 2. The van der Waals surface area contributed by atoms with E-state index in [4.69, 9.17) is 0 Å². The van der Waals surface area contributed by atoms with Crippen LogP contribution in [-0.4, -0.2) is 14.6 Å². The third-order valence-corrected chi connectivity index (χ3v) is 3.59. The maximum Gasteiger partial charge on any atom is 0.200 e. The number of pyridine rings is 2. The van der Waals surface area contributed by atoms with Gasteiger partial charge in [-0.15, -0.1) is 0 Å². The molecule has 2 aromatic rings. The van der Waals surface area contributed by atoms with E-state index in [2.05, 4.69) is 79.2 Å². The van der Waals surface area contributed by atoms with Crippen LogP contribution in [0, 0.1) is 6.82 Å². The molecule has 0 fully saturated rings. The van der Waals surface area contributed by atoms with Gasteiger partial charge in [-0.1, -0.05) is 20.7 Å². The van der Waals surface area contributed by atoms with E-state index in [1.54, 1.807) is 0 Å². The molecule has 120 valence electrons. The molecule has 0 N–H and O–H groups in total. The second-order valence-corrected chi connectivity index (χ2v) is 5.29. The summed E-state index contributed by atoms with van der Waals surface area (Å²) in [4.78, 5) is 0. The smallest absolute Gasteiger partial charge is 0.200 e. The predicted molar refractivity (Wildman–Crippen MR) is 94.8 cm³/mol. The minimum Gasteiger partial charge on any atom is -0.367 e. The van der Waals surface area contributed by atoms with Gasteiger partial charge in [0.2, 0.25) is 7.28 Å². The van der Waals surface area contributed by atoms with Gasteiger partial charge in [0.25, 0.3) is 0 Å². The van der Waals surface area contributed by atoms with Crippen LogP contribution < -0.4 is 9.13 Å². The van der Waals surface area contributed by atoms with E-state index in [-0.39, 0.29) is 72.8 Å². The minimum absolute atomic E-state index is 0. The number of hydrogen-bond donors (Lipinski definition) is 0. The Bertz CT molecular complexity index is 534. The molecule has 0 aliphatic heterocycles. The van der Waals surface area contributed by atoms with E-state index >= 15 is 0 Å². The van der Waals surface area contributed by atoms with Crippen LogP contribution in [0.3, 0.4) is 0 Å². The number of rotatable bonds is 8. The Hall–Kier alpha value is 0.638. The molecule has 4 radical (unpaired) electrons. The zero-order valence-corrected chi connectivity index (χ0v) is 19.7. The zero-order valence-electron chi connectivity index (χ0n) is 14.1. The first-order chi connectivity index (χ1) is 10.3. The largest absolute Gasteiger partial charge is 0.367 e. The van der Waals surface area contributed by atoms with Crippen molar-refractivity contribution in [3.63, 3.8) is 0 Å². The summed E-state index contributed by atoms with van der Waals surface area (Å²) in [5, 5.41) is 0. The molecule has 2 heterocycles. The molecule has 6 heteroatoms.